The molecule has 0 saturated heterocycles. The number of aryl methyl sites for hydroxylation is 1. The highest BCUT2D eigenvalue weighted by molar-refractivity contribution is 6.31. The average Bonchev–Trinajstić information content (AvgIpc) is 2.84. The predicted molar refractivity (Wildman–Crippen MR) is 76.4 cm³/mol. The third kappa shape index (κ3) is 2.33. The minimum absolute atomic E-state index is 0.109. The molecule has 3 aromatic rings. The summed E-state index contributed by atoms with van der Waals surface area (Å²) in [7, 11) is 1.87. The van der Waals surface area contributed by atoms with Crippen molar-refractivity contribution in [1.82, 2.24) is 19.5 Å². The van der Waals surface area contributed by atoms with Gasteiger partial charge >= 0.3 is 0 Å². The van der Waals surface area contributed by atoms with E-state index in [4.69, 9.17) is 11.6 Å². The van der Waals surface area contributed by atoms with Crippen molar-refractivity contribution in [2.24, 2.45) is 7.05 Å². The van der Waals surface area contributed by atoms with Crippen LogP contribution in [-0.4, -0.2) is 25.8 Å². The highest BCUT2D eigenvalue weighted by Crippen LogP contribution is 2.25. The van der Waals surface area contributed by atoms with Crippen LogP contribution in [0.4, 0.5) is 11.6 Å². The number of rotatable bonds is 3. The Labute approximate surface area is 119 Å². The van der Waals surface area contributed by atoms with Crippen LogP contribution in [0.2, 0.25) is 5.02 Å². The van der Waals surface area contributed by atoms with Crippen LogP contribution in [0.25, 0.3) is 10.9 Å². The number of carbonyl (C=O) groups excluding carboxylic acids is 1. The maximum absolute atomic E-state index is 10.9. The summed E-state index contributed by atoms with van der Waals surface area (Å²) in [5.74, 6) is 1.24. The van der Waals surface area contributed by atoms with Gasteiger partial charge < -0.3 is 9.88 Å². The molecule has 100 valence electrons. The number of hydrogen-bond acceptors (Lipinski definition) is 5. The lowest BCUT2D eigenvalue weighted by atomic mass is 10.2. The Kier molecular flexibility index (Phi) is 3.08. The summed E-state index contributed by atoms with van der Waals surface area (Å²) >= 11 is 6.00. The number of aromatic nitrogens is 4. The molecule has 0 saturated carbocycles. The van der Waals surface area contributed by atoms with E-state index in [9.17, 15) is 4.79 Å². The topological polar surface area (TPSA) is 72.7 Å². The van der Waals surface area contributed by atoms with Gasteiger partial charge in [0.1, 0.15) is 11.6 Å². The van der Waals surface area contributed by atoms with Gasteiger partial charge in [0.15, 0.2) is 12.1 Å². The molecule has 0 bridgehead atoms. The number of aldehydes is 1. The van der Waals surface area contributed by atoms with Crippen molar-refractivity contribution in [1.29, 1.82) is 0 Å². The fourth-order valence-electron chi connectivity index (χ4n) is 1.87. The molecule has 1 N–H and O–H groups in total. The summed E-state index contributed by atoms with van der Waals surface area (Å²) in [6, 6.07) is 5.21. The molecule has 0 radical (unpaired) electrons. The van der Waals surface area contributed by atoms with E-state index in [0.29, 0.717) is 28.5 Å². The normalized spacial score (nSPS) is 10.7. The van der Waals surface area contributed by atoms with Crippen LogP contribution < -0.4 is 5.32 Å². The molecule has 0 unspecified atom stereocenters. The number of fused-ring (bicyclic) bond motifs is 1. The standard InChI is InChI=1S/C13H10ClN5O/c1-19-5-11(15-7-19)17-13-9-4-8(14)2-3-10(9)16-12(6-20)18-13/h2-7H,1H3,(H,16,17,18). The molecule has 0 spiro atoms. The van der Waals surface area contributed by atoms with Crippen molar-refractivity contribution in [2.75, 3.05) is 5.32 Å². The van der Waals surface area contributed by atoms with Crippen LogP contribution in [0.15, 0.2) is 30.7 Å². The lowest BCUT2D eigenvalue weighted by Gasteiger charge is -2.07. The summed E-state index contributed by atoms with van der Waals surface area (Å²) < 4.78 is 1.80. The molecule has 20 heavy (non-hydrogen) atoms. The molecule has 0 aliphatic rings. The molecule has 3 rings (SSSR count). The van der Waals surface area contributed by atoms with E-state index in [0.717, 1.165) is 5.39 Å². The lowest BCUT2D eigenvalue weighted by molar-refractivity contribution is 0.111. The van der Waals surface area contributed by atoms with Gasteiger partial charge in [-0.05, 0) is 18.2 Å². The second-order valence-electron chi connectivity index (χ2n) is 4.26. The maximum atomic E-state index is 10.9. The monoisotopic (exact) mass is 287 g/mol. The van der Waals surface area contributed by atoms with Gasteiger partial charge in [0, 0.05) is 23.7 Å². The van der Waals surface area contributed by atoms with Crippen LogP contribution >= 0.6 is 11.6 Å². The number of carbonyl (C=O) groups is 1. The lowest BCUT2D eigenvalue weighted by Crippen LogP contribution is -2.01. The Balaban J connectivity index is 2.15. The third-order valence-corrected chi connectivity index (χ3v) is 2.97. The van der Waals surface area contributed by atoms with Gasteiger partial charge in [-0.3, -0.25) is 4.79 Å². The molecule has 0 atom stereocenters. The Morgan fingerprint density at radius 2 is 2.20 bits per heavy atom. The van der Waals surface area contributed by atoms with Crippen molar-refractivity contribution in [3.63, 3.8) is 0 Å². The molecule has 7 heteroatoms. The molecule has 2 heterocycles. The smallest absolute Gasteiger partial charge is 0.195 e. The third-order valence-electron chi connectivity index (χ3n) is 2.73. The zero-order valence-electron chi connectivity index (χ0n) is 10.5. The first-order chi connectivity index (χ1) is 9.65. The SMILES string of the molecule is Cn1cnc(Nc2nc(C=O)nc3ccc(Cl)cc23)c1. The Morgan fingerprint density at radius 3 is 2.90 bits per heavy atom. The molecule has 0 amide bonds. The largest absolute Gasteiger partial charge is 0.338 e. The van der Waals surface area contributed by atoms with Crippen LogP contribution in [0.3, 0.4) is 0 Å². The van der Waals surface area contributed by atoms with Gasteiger partial charge in [-0.1, -0.05) is 11.6 Å². The first-order valence-electron chi connectivity index (χ1n) is 5.83. The second kappa shape index (κ2) is 4.90. The van der Waals surface area contributed by atoms with Crippen molar-refractivity contribution < 1.29 is 4.79 Å². The van der Waals surface area contributed by atoms with Gasteiger partial charge in [0.2, 0.25) is 0 Å². The van der Waals surface area contributed by atoms with Crippen molar-refractivity contribution in [3.05, 3.63) is 41.6 Å². The van der Waals surface area contributed by atoms with Gasteiger partial charge in [0.05, 0.1) is 11.8 Å². The van der Waals surface area contributed by atoms with Crippen LogP contribution in [0, 0.1) is 0 Å². The van der Waals surface area contributed by atoms with Gasteiger partial charge in [0.25, 0.3) is 0 Å². The maximum Gasteiger partial charge on any atom is 0.195 e. The predicted octanol–water partition coefficient (Wildman–Crippen LogP) is 2.57. The molecule has 2 aromatic heterocycles. The Morgan fingerprint density at radius 1 is 1.35 bits per heavy atom. The number of nitrogens with zero attached hydrogens (tertiary/aromatic N) is 4. The van der Waals surface area contributed by atoms with Gasteiger partial charge in [-0.2, -0.15) is 0 Å². The molecular weight excluding hydrogens is 278 g/mol. The molecule has 1 aromatic carbocycles. The summed E-state index contributed by atoms with van der Waals surface area (Å²) in [5.41, 5.74) is 0.643. The zero-order chi connectivity index (χ0) is 14.1. The van der Waals surface area contributed by atoms with Crippen LogP contribution in [-0.2, 0) is 7.05 Å². The summed E-state index contributed by atoms with van der Waals surface area (Å²) in [4.78, 5) is 23.4. The molecular formula is C13H10ClN5O. The minimum atomic E-state index is 0.109. The number of hydrogen-bond donors (Lipinski definition) is 1. The first kappa shape index (κ1) is 12.6. The zero-order valence-corrected chi connectivity index (χ0v) is 11.3. The molecule has 0 aliphatic carbocycles. The van der Waals surface area contributed by atoms with E-state index in [1.165, 1.54) is 0 Å². The molecule has 0 fully saturated rings. The van der Waals surface area contributed by atoms with E-state index < -0.39 is 0 Å². The highest BCUT2D eigenvalue weighted by Gasteiger charge is 2.09. The van der Waals surface area contributed by atoms with Crippen molar-refractivity contribution in [2.45, 2.75) is 0 Å². The van der Waals surface area contributed by atoms with E-state index in [1.54, 1.807) is 35.3 Å². The average molecular weight is 288 g/mol. The fourth-order valence-corrected chi connectivity index (χ4v) is 2.04. The van der Waals surface area contributed by atoms with Crippen molar-refractivity contribution >= 4 is 40.4 Å². The number of anilines is 2. The number of nitrogens with one attached hydrogen (secondary N) is 1. The molecule has 6 nitrogen and oxygen atoms in total. The van der Waals surface area contributed by atoms with Gasteiger partial charge in [-0.15, -0.1) is 0 Å². The summed E-state index contributed by atoms with van der Waals surface area (Å²) in [6.07, 6.45) is 4.08. The number of benzene rings is 1. The first-order valence-corrected chi connectivity index (χ1v) is 6.21. The summed E-state index contributed by atoms with van der Waals surface area (Å²) in [6.45, 7) is 0. The van der Waals surface area contributed by atoms with Crippen LogP contribution in [0.5, 0.6) is 0 Å². The van der Waals surface area contributed by atoms with Crippen LogP contribution in [0.1, 0.15) is 10.6 Å². The number of halogens is 1. The molecule has 0 aliphatic heterocycles. The Bertz CT molecular complexity index is 799. The van der Waals surface area contributed by atoms with E-state index in [-0.39, 0.29) is 5.82 Å². The van der Waals surface area contributed by atoms with E-state index in [2.05, 4.69) is 20.3 Å². The fraction of sp³-hybridized carbons (Fsp3) is 0.0769. The second-order valence-corrected chi connectivity index (χ2v) is 4.70. The Hall–Kier alpha value is -2.47. The highest BCUT2D eigenvalue weighted by atomic mass is 35.5. The number of imidazole rings is 1. The minimum Gasteiger partial charge on any atom is -0.338 e. The van der Waals surface area contributed by atoms with Crippen molar-refractivity contribution in [3.8, 4) is 0 Å². The van der Waals surface area contributed by atoms with Gasteiger partial charge in [-0.25, -0.2) is 15.0 Å². The van der Waals surface area contributed by atoms with E-state index in [1.807, 2.05) is 7.05 Å². The summed E-state index contributed by atoms with van der Waals surface area (Å²) in [5, 5.41) is 4.37. The van der Waals surface area contributed by atoms with E-state index >= 15 is 0 Å². The quantitative estimate of drug-likeness (QED) is 0.750.